The predicted molar refractivity (Wildman–Crippen MR) is 264 cm³/mol. The van der Waals surface area contributed by atoms with Gasteiger partial charge in [0.1, 0.15) is 24.0 Å². The minimum absolute atomic E-state index is 0.153. The Morgan fingerprint density at radius 2 is 1.44 bits per heavy atom. The van der Waals surface area contributed by atoms with E-state index >= 15 is 0 Å². The summed E-state index contributed by atoms with van der Waals surface area (Å²) in [5.41, 5.74) is 2.11. The van der Waals surface area contributed by atoms with Crippen molar-refractivity contribution in [1.29, 1.82) is 0 Å². The highest BCUT2D eigenvalue weighted by atomic mass is 32.2. The monoisotopic (exact) mass is 1000 g/mol. The highest BCUT2D eigenvalue weighted by Gasteiger charge is 2.29. The minimum atomic E-state index is -4.43. The standard InChI is InChI=1S/C49H64N8O13S/c1-34-27-38(69-22-8-13-43(58)50-16-9-20-66-23-25-68-26-24-67-21-10-17-52-49(63)70-33-36-11-6-5-7-12-36)28-35(2)45(34)71(64,65)55-41(47(61)62)31-53-46(60)40-32-57(4)42-29-37(14-15-39(42)44(40)59)30-54-48-51-18-19-56(48)3/h5-7,11-12,14-15,18-19,27-29,32,41,55H,8-10,13,16-17,20-26,30-31,33H2,1-4H3,(H,50,58)(H,51,54)(H,52,63)(H,53,60)(H,61,62). The van der Waals surface area contributed by atoms with Crippen LogP contribution < -0.4 is 36.2 Å². The molecule has 71 heavy (non-hydrogen) atoms. The number of ether oxygens (including phenoxy) is 5. The van der Waals surface area contributed by atoms with Crippen molar-refractivity contribution in [2.75, 3.05) is 71.2 Å². The average molecular weight is 1010 g/mol. The van der Waals surface area contributed by atoms with Gasteiger partial charge in [0.25, 0.3) is 5.91 Å². The highest BCUT2D eigenvalue weighted by molar-refractivity contribution is 7.89. The van der Waals surface area contributed by atoms with E-state index in [1.807, 2.05) is 54.2 Å². The van der Waals surface area contributed by atoms with Crippen LogP contribution in [0.3, 0.4) is 0 Å². The number of rotatable bonds is 31. The second-order valence-electron chi connectivity index (χ2n) is 16.5. The number of amides is 3. The Kier molecular flexibility index (Phi) is 21.8. The second kappa shape index (κ2) is 28.1. The Bertz CT molecular complexity index is 2710. The van der Waals surface area contributed by atoms with Crippen molar-refractivity contribution < 1.29 is 56.4 Å². The number of carboxylic acids is 1. The van der Waals surface area contributed by atoms with Crippen LogP contribution in [-0.2, 0) is 65.8 Å². The normalized spacial score (nSPS) is 11.8. The fourth-order valence-corrected chi connectivity index (χ4v) is 8.89. The summed E-state index contributed by atoms with van der Waals surface area (Å²) < 4.78 is 60.3. The SMILES string of the molecule is Cc1cc(OCCCC(=O)NCCCOCCOCCOCCCNC(=O)OCc2ccccc2)cc(C)c1S(=O)(=O)NC(CNC(=O)c1cn(C)c2cc(CNc3nccn3C)ccc2c1=O)C(=O)O. The van der Waals surface area contributed by atoms with Crippen molar-refractivity contribution in [2.24, 2.45) is 14.1 Å². The summed E-state index contributed by atoms with van der Waals surface area (Å²) in [5.74, 6) is -1.53. The maximum atomic E-state index is 13.6. The first-order valence-electron chi connectivity index (χ1n) is 23.2. The van der Waals surface area contributed by atoms with Gasteiger partial charge in [-0.05, 0) is 79.6 Å². The maximum Gasteiger partial charge on any atom is 0.407 e. The van der Waals surface area contributed by atoms with Gasteiger partial charge in [-0.2, -0.15) is 4.72 Å². The summed E-state index contributed by atoms with van der Waals surface area (Å²) in [6.45, 7) is 6.69. The Balaban J connectivity index is 0.929. The van der Waals surface area contributed by atoms with Gasteiger partial charge in [0.2, 0.25) is 27.3 Å². The van der Waals surface area contributed by atoms with E-state index in [0.29, 0.717) is 95.8 Å². The lowest BCUT2D eigenvalue weighted by Crippen LogP contribution is -2.49. The van der Waals surface area contributed by atoms with E-state index in [0.717, 1.165) is 11.1 Å². The van der Waals surface area contributed by atoms with Crippen molar-refractivity contribution in [3.63, 3.8) is 0 Å². The predicted octanol–water partition coefficient (Wildman–Crippen LogP) is 3.69. The molecule has 0 fully saturated rings. The van der Waals surface area contributed by atoms with Gasteiger partial charge in [-0.25, -0.2) is 18.2 Å². The fraction of sp³-hybridized carbons (Fsp3) is 0.429. The molecule has 2 aromatic heterocycles. The molecule has 0 aliphatic carbocycles. The first-order valence-corrected chi connectivity index (χ1v) is 24.7. The molecule has 1 unspecified atom stereocenters. The first kappa shape index (κ1) is 55.1. The molecule has 3 aromatic carbocycles. The van der Waals surface area contributed by atoms with Gasteiger partial charge < -0.3 is 59.2 Å². The van der Waals surface area contributed by atoms with Gasteiger partial charge in [-0.1, -0.05) is 36.4 Å². The minimum Gasteiger partial charge on any atom is -0.494 e. The van der Waals surface area contributed by atoms with Gasteiger partial charge in [-0.3, -0.25) is 19.2 Å². The molecule has 1 atom stereocenters. The van der Waals surface area contributed by atoms with Crippen LogP contribution >= 0.6 is 0 Å². The second-order valence-corrected chi connectivity index (χ2v) is 18.1. The molecule has 21 nitrogen and oxygen atoms in total. The molecule has 3 amide bonds. The molecule has 22 heteroatoms. The third-order valence-electron chi connectivity index (χ3n) is 10.8. The summed E-state index contributed by atoms with van der Waals surface area (Å²) in [7, 11) is -0.905. The molecular formula is C49H64N8O13S. The average Bonchev–Trinajstić information content (AvgIpc) is 3.76. The summed E-state index contributed by atoms with van der Waals surface area (Å²) in [6, 6.07) is 15.9. The van der Waals surface area contributed by atoms with E-state index < -0.39 is 46.0 Å². The smallest absolute Gasteiger partial charge is 0.407 e. The molecular weight excluding hydrogens is 941 g/mol. The Morgan fingerprint density at radius 3 is 2.08 bits per heavy atom. The molecule has 2 heterocycles. The molecule has 0 saturated carbocycles. The van der Waals surface area contributed by atoms with Crippen molar-refractivity contribution in [3.8, 4) is 5.75 Å². The lowest BCUT2D eigenvalue weighted by atomic mass is 10.1. The largest absolute Gasteiger partial charge is 0.494 e. The Morgan fingerprint density at radius 1 is 0.775 bits per heavy atom. The number of aryl methyl sites for hydroxylation is 4. The van der Waals surface area contributed by atoms with Crippen molar-refractivity contribution >= 4 is 50.8 Å². The lowest BCUT2D eigenvalue weighted by molar-refractivity contribution is -0.138. The molecule has 0 bridgehead atoms. The number of aliphatic carboxylic acids is 1. The third-order valence-corrected chi connectivity index (χ3v) is 12.6. The number of nitrogens with zero attached hydrogens (tertiary/aromatic N) is 3. The number of aromatic nitrogens is 3. The number of carbonyl (C=O) groups is 4. The summed E-state index contributed by atoms with van der Waals surface area (Å²) in [4.78, 5) is 67.1. The van der Waals surface area contributed by atoms with Gasteiger partial charge >= 0.3 is 12.1 Å². The van der Waals surface area contributed by atoms with Crippen LogP contribution in [0.15, 0.2) is 88.9 Å². The fourth-order valence-electron chi connectivity index (χ4n) is 7.24. The molecule has 384 valence electrons. The Labute approximate surface area is 412 Å². The molecule has 0 spiro atoms. The zero-order valence-electron chi connectivity index (χ0n) is 40.5. The zero-order valence-corrected chi connectivity index (χ0v) is 41.3. The highest BCUT2D eigenvalue weighted by Crippen LogP contribution is 2.26. The van der Waals surface area contributed by atoms with Crippen molar-refractivity contribution in [1.82, 2.24) is 34.8 Å². The lowest BCUT2D eigenvalue weighted by Gasteiger charge is -2.19. The molecule has 5 rings (SSSR count). The molecule has 0 radical (unpaired) electrons. The number of fused-ring (bicyclic) bond motifs is 1. The zero-order chi connectivity index (χ0) is 51.2. The van der Waals surface area contributed by atoms with Crippen LogP contribution in [0.4, 0.5) is 10.7 Å². The van der Waals surface area contributed by atoms with E-state index in [-0.39, 0.29) is 52.5 Å². The summed E-state index contributed by atoms with van der Waals surface area (Å²) in [6.07, 6.45) is 6.21. The van der Waals surface area contributed by atoms with Gasteiger partial charge in [0.05, 0.1) is 43.4 Å². The number of anilines is 1. The van der Waals surface area contributed by atoms with Crippen molar-refractivity contribution in [2.45, 2.75) is 63.6 Å². The van der Waals surface area contributed by atoms with Crippen LogP contribution in [-0.4, -0.2) is 123 Å². The summed E-state index contributed by atoms with van der Waals surface area (Å²) >= 11 is 0. The van der Waals surface area contributed by atoms with Gasteiger partial charge in [-0.15, -0.1) is 0 Å². The quantitative estimate of drug-likeness (QED) is 0.0346. The van der Waals surface area contributed by atoms with Crippen LogP contribution in [0.5, 0.6) is 5.75 Å². The number of carbonyl (C=O) groups excluding carboxylic acids is 3. The van der Waals surface area contributed by atoms with Crippen LogP contribution in [0.2, 0.25) is 0 Å². The summed E-state index contributed by atoms with van der Waals surface area (Å²) in [5, 5.41) is 21.4. The number of sulfonamides is 1. The van der Waals surface area contributed by atoms with E-state index in [9.17, 15) is 37.5 Å². The van der Waals surface area contributed by atoms with E-state index in [2.05, 4.69) is 31.0 Å². The maximum absolute atomic E-state index is 13.6. The third kappa shape index (κ3) is 17.8. The van der Waals surface area contributed by atoms with E-state index in [1.165, 1.54) is 18.3 Å². The first-order chi connectivity index (χ1) is 34.1. The number of hydrogen-bond acceptors (Lipinski definition) is 14. The number of carboxylic acid groups (broad SMARTS) is 1. The van der Waals surface area contributed by atoms with Gasteiger partial charge in [0, 0.05) is 83.9 Å². The number of hydrogen-bond donors (Lipinski definition) is 6. The number of nitrogens with one attached hydrogen (secondary N) is 5. The van der Waals surface area contributed by atoms with E-state index in [4.69, 9.17) is 23.7 Å². The van der Waals surface area contributed by atoms with Crippen LogP contribution in [0.25, 0.3) is 10.9 Å². The number of pyridine rings is 1. The van der Waals surface area contributed by atoms with Crippen molar-refractivity contribution in [3.05, 3.63) is 117 Å². The number of imidazole rings is 1. The van der Waals surface area contributed by atoms with Gasteiger partial charge in [0.15, 0.2) is 0 Å². The van der Waals surface area contributed by atoms with Crippen LogP contribution in [0.1, 0.15) is 58.3 Å². The molecule has 5 aromatic rings. The molecule has 0 aliphatic heterocycles. The molecule has 0 saturated heterocycles. The number of alkyl carbamates (subject to hydrolysis) is 1. The van der Waals surface area contributed by atoms with Crippen LogP contribution in [0, 0.1) is 13.8 Å². The number of benzene rings is 3. The topological polar surface area (TPSA) is 269 Å². The molecule has 0 aliphatic rings. The van der Waals surface area contributed by atoms with E-state index in [1.54, 1.807) is 43.8 Å². The molecule has 6 N–H and O–H groups in total. The Hall–Kier alpha value is -6.85.